The lowest BCUT2D eigenvalue weighted by Gasteiger charge is -2.25. The molecule has 2 aliphatic heterocycles. The third kappa shape index (κ3) is 5.07. The van der Waals surface area contributed by atoms with Gasteiger partial charge in [0.2, 0.25) is 0 Å². The summed E-state index contributed by atoms with van der Waals surface area (Å²) in [7, 11) is 0. The molecule has 0 aromatic heterocycles. The van der Waals surface area contributed by atoms with Crippen LogP contribution in [0.3, 0.4) is 0 Å². The standard InChI is InChI=1S/C19H26FN5.HI/c1-2-22-19(23-13-16-6-5-15(12-21)11-18(16)20)25-10-7-17(14-25)24-8-3-4-9-24;/h5-6,11,17H,2-4,7-10,13-14H2,1H3,(H,22,23);1H. The van der Waals surface area contributed by atoms with Crippen molar-refractivity contribution in [3.8, 4) is 6.07 Å². The Balaban J connectivity index is 0.00000243. The van der Waals surface area contributed by atoms with Crippen molar-refractivity contribution >= 4 is 29.9 Å². The summed E-state index contributed by atoms with van der Waals surface area (Å²) in [5.74, 6) is 0.489. The van der Waals surface area contributed by atoms with E-state index in [2.05, 4.69) is 20.1 Å². The van der Waals surface area contributed by atoms with Gasteiger partial charge in [-0.3, -0.25) is 4.90 Å². The Kier molecular flexibility index (Phi) is 8.10. The van der Waals surface area contributed by atoms with Crippen LogP contribution in [0.2, 0.25) is 0 Å². The molecule has 1 aromatic rings. The van der Waals surface area contributed by atoms with Crippen LogP contribution < -0.4 is 5.32 Å². The number of nitriles is 1. The van der Waals surface area contributed by atoms with Crippen molar-refractivity contribution in [2.45, 2.75) is 38.8 Å². The molecule has 1 N–H and O–H groups in total. The highest BCUT2D eigenvalue weighted by molar-refractivity contribution is 14.0. The lowest BCUT2D eigenvalue weighted by Crippen LogP contribution is -2.42. The van der Waals surface area contributed by atoms with E-state index in [1.807, 2.05) is 13.0 Å². The average Bonchev–Trinajstić information content (AvgIpc) is 3.30. The molecule has 1 aromatic carbocycles. The van der Waals surface area contributed by atoms with Crippen LogP contribution in [0.4, 0.5) is 4.39 Å². The van der Waals surface area contributed by atoms with Gasteiger partial charge in [-0.15, -0.1) is 24.0 Å². The first kappa shape index (κ1) is 20.9. The minimum Gasteiger partial charge on any atom is -0.357 e. The highest BCUT2D eigenvalue weighted by Crippen LogP contribution is 2.20. The van der Waals surface area contributed by atoms with Gasteiger partial charge in [-0.2, -0.15) is 5.26 Å². The lowest BCUT2D eigenvalue weighted by molar-refractivity contribution is 0.249. The van der Waals surface area contributed by atoms with Crippen LogP contribution in [-0.4, -0.2) is 54.5 Å². The van der Waals surface area contributed by atoms with Gasteiger partial charge in [0, 0.05) is 31.2 Å². The monoisotopic (exact) mass is 471 g/mol. The normalized spacial score (nSPS) is 20.7. The van der Waals surface area contributed by atoms with Crippen LogP contribution in [-0.2, 0) is 6.54 Å². The Hall–Kier alpha value is -1.40. The van der Waals surface area contributed by atoms with Crippen LogP contribution in [0.1, 0.15) is 37.3 Å². The average molecular weight is 471 g/mol. The Bertz CT molecular complexity index is 666. The molecule has 0 amide bonds. The molecular formula is C19H27FIN5. The smallest absolute Gasteiger partial charge is 0.194 e. The molecule has 1 atom stereocenters. The number of rotatable bonds is 4. The van der Waals surface area contributed by atoms with E-state index in [0.717, 1.165) is 32.0 Å². The molecule has 0 bridgehead atoms. The number of likely N-dealkylation sites (tertiary alicyclic amines) is 2. The van der Waals surface area contributed by atoms with Crippen molar-refractivity contribution in [2.75, 3.05) is 32.7 Å². The zero-order chi connectivity index (χ0) is 17.6. The van der Waals surface area contributed by atoms with E-state index in [0.29, 0.717) is 17.2 Å². The summed E-state index contributed by atoms with van der Waals surface area (Å²) >= 11 is 0. The first-order valence-electron chi connectivity index (χ1n) is 9.17. The molecule has 2 fully saturated rings. The second-order valence-corrected chi connectivity index (χ2v) is 6.72. The Labute approximate surface area is 172 Å². The molecule has 0 saturated carbocycles. The number of guanidine groups is 1. The highest BCUT2D eigenvalue weighted by Gasteiger charge is 2.30. The van der Waals surface area contributed by atoms with E-state index in [4.69, 9.17) is 5.26 Å². The van der Waals surface area contributed by atoms with Crippen molar-refractivity contribution in [1.82, 2.24) is 15.1 Å². The maximum Gasteiger partial charge on any atom is 0.194 e. The van der Waals surface area contributed by atoms with Crippen LogP contribution in [0.25, 0.3) is 0 Å². The summed E-state index contributed by atoms with van der Waals surface area (Å²) in [6.45, 7) is 7.52. The fourth-order valence-corrected chi connectivity index (χ4v) is 3.67. The van der Waals surface area contributed by atoms with Crippen molar-refractivity contribution < 1.29 is 4.39 Å². The van der Waals surface area contributed by atoms with Crippen molar-refractivity contribution in [1.29, 1.82) is 5.26 Å². The molecule has 0 spiro atoms. The predicted octanol–water partition coefficient (Wildman–Crippen LogP) is 2.95. The van der Waals surface area contributed by atoms with Crippen molar-refractivity contribution in [3.05, 3.63) is 35.1 Å². The number of hydrogen-bond acceptors (Lipinski definition) is 3. The van der Waals surface area contributed by atoms with Crippen LogP contribution in [0, 0.1) is 17.1 Å². The molecule has 0 aliphatic carbocycles. The maximum absolute atomic E-state index is 14.1. The SMILES string of the molecule is CCNC(=NCc1ccc(C#N)cc1F)N1CCC(N2CCCC2)C1.I. The fourth-order valence-electron chi connectivity index (χ4n) is 3.67. The largest absolute Gasteiger partial charge is 0.357 e. The van der Waals surface area contributed by atoms with Gasteiger partial charge in [-0.25, -0.2) is 9.38 Å². The van der Waals surface area contributed by atoms with Gasteiger partial charge in [0.15, 0.2) is 5.96 Å². The van der Waals surface area contributed by atoms with E-state index < -0.39 is 0 Å². The molecule has 7 heteroatoms. The van der Waals surface area contributed by atoms with Crippen LogP contribution >= 0.6 is 24.0 Å². The summed E-state index contributed by atoms with van der Waals surface area (Å²) in [5, 5.41) is 12.2. The van der Waals surface area contributed by atoms with Gasteiger partial charge in [0.05, 0.1) is 18.2 Å². The number of nitrogens with one attached hydrogen (secondary N) is 1. The van der Waals surface area contributed by atoms with Gasteiger partial charge in [0.1, 0.15) is 5.82 Å². The number of hydrogen-bond donors (Lipinski definition) is 1. The van der Waals surface area contributed by atoms with Crippen molar-refractivity contribution in [2.24, 2.45) is 4.99 Å². The van der Waals surface area contributed by atoms with E-state index in [1.54, 1.807) is 12.1 Å². The van der Waals surface area contributed by atoms with E-state index in [1.165, 1.54) is 32.0 Å². The topological polar surface area (TPSA) is 54.7 Å². The number of nitrogens with zero attached hydrogens (tertiary/aromatic N) is 4. The minimum atomic E-state index is -0.366. The van der Waals surface area contributed by atoms with E-state index >= 15 is 0 Å². The first-order valence-corrected chi connectivity index (χ1v) is 9.17. The molecule has 2 aliphatic rings. The molecule has 2 heterocycles. The van der Waals surface area contributed by atoms with Gasteiger partial charge in [0.25, 0.3) is 0 Å². The Morgan fingerprint density at radius 1 is 1.35 bits per heavy atom. The molecule has 2 saturated heterocycles. The molecule has 26 heavy (non-hydrogen) atoms. The molecule has 3 rings (SSSR count). The van der Waals surface area contributed by atoms with Gasteiger partial charge >= 0.3 is 0 Å². The summed E-state index contributed by atoms with van der Waals surface area (Å²) in [5.41, 5.74) is 0.856. The summed E-state index contributed by atoms with van der Waals surface area (Å²) in [6.07, 6.45) is 3.78. The fraction of sp³-hybridized carbons (Fsp3) is 0.579. The molecule has 5 nitrogen and oxygen atoms in total. The summed E-state index contributed by atoms with van der Waals surface area (Å²) < 4.78 is 14.1. The molecule has 142 valence electrons. The van der Waals surface area contributed by atoms with Crippen LogP contribution in [0.15, 0.2) is 23.2 Å². The van der Waals surface area contributed by atoms with E-state index in [9.17, 15) is 4.39 Å². The van der Waals surface area contributed by atoms with Gasteiger partial charge in [-0.1, -0.05) is 6.07 Å². The number of halogens is 2. The molecule has 0 radical (unpaired) electrons. The second kappa shape index (κ2) is 10.1. The lowest BCUT2D eigenvalue weighted by atomic mass is 10.1. The third-order valence-corrected chi connectivity index (χ3v) is 5.04. The number of aliphatic imine (C=N–C) groups is 1. The van der Waals surface area contributed by atoms with Crippen molar-refractivity contribution in [3.63, 3.8) is 0 Å². The summed E-state index contributed by atoms with van der Waals surface area (Å²) in [4.78, 5) is 9.51. The zero-order valence-corrected chi connectivity index (χ0v) is 17.6. The van der Waals surface area contributed by atoms with Crippen LogP contribution in [0.5, 0.6) is 0 Å². The first-order chi connectivity index (χ1) is 12.2. The summed E-state index contributed by atoms with van der Waals surface area (Å²) in [6, 6.07) is 7.13. The van der Waals surface area contributed by atoms with Gasteiger partial charge in [-0.05, 0) is 51.4 Å². The second-order valence-electron chi connectivity index (χ2n) is 6.72. The quantitative estimate of drug-likeness (QED) is 0.417. The van der Waals surface area contributed by atoms with Gasteiger partial charge < -0.3 is 10.2 Å². The maximum atomic E-state index is 14.1. The Morgan fingerprint density at radius 3 is 2.77 bits per heavy atom. The highest BCUT2D eigenvalue weighted by atomic mass is 127. The zero-order valence-electron chi connectivity index (χ0n) is 15.2. The van der Waals surface area contributed by atoms with E-state index in [-0.39, 0.29) is 36.3 Å². The molecular weight excluding hydrogens is 444 g/mol. The number of benzene rings is 1. The minimum absolute atomic E-state index is 0. The predicted molar refractivity (Wildman–Crippen MR) is 112 cm³/mol. The Morgan fingerprint density at radius 2 is 2.12 bits per heavy atom. The molecule has 1 unspecified atom stereocenters. The third-order valence-electron chi connectivity index (χ3n) is 5.04.